The van der Waals surface area contributed by atoms with Crippen LogP contribution in [0.5, 0.6) is 5.75 Å². The predicted molar refractivity (Wildman–Crippen MR) is 106 cm³/mol. The SMILES string of the molecule is COc1ccccc1NC(=O)c1nnn(CC(=O)Nc2ccc(Cl)cc2)c1C. The number of ether oxygens (including phenoxy) is 1. The Morgan fingerprint density at radius 1 is 1.11 bits per heavy atom. The van der Waals surface area contributed by atoms with Gasteiger partial charge in [0.25, 0.3) is 5.91 Å². The monoisotopic (exact) mass is 399 g/mol. The van der Waals surface area contributed by atoms with Gasteiger partial charge >= 0.3 is 0 Å². The van der Waals surface area contributed by atoms with Crippen LogP contribution >= 0.6 is 11.6 Å². The van der Waals surface area contributed by atoms with Gasteiger partial charge in [0.1, 0.15) is 12.3 Å². The highest BCUT2D eigenvalue weighted by Crippen LogP contribution is 2.23. The fourth-order valence-electron chi connectivity index (χ4n) is 2.52. The summed E-state index contributed by atoms with van der Waals surface area (Å²) >= 11 is 5.83. The number of methoxy groups -OCH3 is 1. The van der Waals surface area contributed by atoms with Crippen LogP contribution in [0.3, 0.4) is 0 Å². The number of anilines is 2. The van der Waals surface area contributed by atoms with Crippen molar-refractivity contribution in [2.75, 3.05) is 17.7 Å². The lowest BCUT2D eigenvalue weighted by Gasteiger charge is -2.09. The molecule has 0 saturated carbocycles. The van der Waals surface area contributed by atoms with E-state index in [9.17, 15) is 9.59 Å². The van der Waals surface area contributed by atoms with Crippen molar-refractivity contribution in [3.05, 3.63) is 64.9 Å². The minimum Gasteiger partial charge on any atom is -0.495 e. The van der Waals surface area contributed by atoms with Gasteiger partial charge in [-0.2, -0.15) is 0 Å². The van der Waals surface area contributed by atoms with Crippen molar-refractivity contribution in [2.24, 2.45) is 0 Å². The highest BCUT2D eigenvalue weighted by atomic mass is 35.5. The molecule has 8 nitrogen and oxygen atoms in total. The molecular weight excluding hydrogens is 382 g/mol. The fraction of sp³-hybridized carbons (Fsp3) is 0.158. The van der Waals surface area contributed by atoms with Gasteiger partial charge in [-0.3, -0.25) is 9.59 Å². The van der Waals surface area contributed by atoms with Gasteiger partial charge in [0.2, 0.25) is 5.91 Å². The van der Waals surface area contributed by atoms with Gasteiger partial charge in [0, 0.05) is 10.7 Å². The highest BCUT2D eigenvalue weighted by molar-refractivity contribution is 6.30. The van der Waals surface area contributed by atoms with Gasteiger partial charge in [0.15, 0.2) is 5.69 Å². The number of rotatable bonds is 6. The third kappa shape index (κ3) is 4.47. The maximum Gasteiger partial charge on any atom is 0.278 e. The Bertz CT molecular complexity index is 1000. The lowest BCUT2D eigenvalue weighted by atomic mass is 10.2. The molecule has 2 aromatic carbocycles. The molecule has 0 fully saturated rings. The topological polar surface area (TPSA) is 98.1 Å². The second-order valence-electron chi connectivity index (χ2n) is 5.89. The number of benzene rings is 2. The Labute approximate surface area is 166 Å². The van der Waals surface area contributed by atoms with E-state index in [0.717, 1.165) is 0 Å². The van der Waals surface area contributed by atoms with Crippen molar-refractivity contribution < 1.29 is 14.3 Å². The van der Waals surface area contributed by atoms with E-state index >= 15 is 0 Å². The Balaban J connectivity index is 1.68. The number of carbonyl (C=O) groups excluding carboxylic acids is 2. The number of hydrogen-bond donors (Lipinski definition) is 2. The van der Waals surface area contributed by atoms with E-state index in [2.05, 4.69) is 20.9 Å². The summed E-state index contributed by atoms with van der Waals surface area (Å²) in [6, 6.07) is 13.8. The molecule has 0 aliphatic heterocycles. The van der Waals surface area contributed by atoms with E-state index in [-0.39, 0.29) is 18.1 Å². The van der Waals surface area contributed by atoms with Gasteiger partial charge in [-0.1, -0.05) is 28.9 Å². The maximum atomic E-state index is 12.5. The summed E-state index contributed by atoms with van der Waals surface area (Å²) < 4.78 is 6.58. The standard InChI is InChI=1S/C19H18ClN5O3/c1-12-18(19(27)22-15-5-3-4-6-16(15)28-2)23-24-25(12)11-17(26)21-14-9-7-13(20)8-10-14/h3-10H,11H2,1-2H3,(H,21,26)(H,22,27). The van der Waals surface area contributed by atoms with Gasteiger partial charge < -0.3 is 15.4 Å². The number of halogens is 1. The molecule has 144 valence electrons. The molecule has 2 N–H and O–H groups in total. The number of nitrogens with one attached hydrogen (secondary N) is 2. The first-order chi connectivity index (χ1) is 13.5. The van der Waals surface area contributed by atoms with Crippen LogP contribution in [0, 0.1) is 6.92 Å². The number of hydrogen-bond acceptors (Lipinski definition) is 5. The zero-order valence-corrected chi connectivity index (χ0v) is 16.0. The molecule has 3 aromatic rings. The number of nitrogens with zero attached hydrogens (tertiary/aromatic N) is 3. The quantitative estimate of drug-likeness (QED) is 0.663. The van der Waals surface area contributed by atoms with Crippen LogP contribution in [0.15, 0.2) is 48.5 Å². The zero-order chi connectivity index (χ0) is 20.1. The van der Waals surface area contributed by atoms with E-state index in [1.54, 1.807) is 55.5 Å². The van der Waals surface area contributed by atoms with Crippen molar-refractivity contribution in [2.45, 2.75) is 13.5 Å². The van der Waals surface area contributed by atoms with Crippen LogP contribution in [0.1, 0.15) is 16.2 Å². The van der Waals surface area contributed by atoms with E-state index in [1.807, 2.05) is 0 Å². The largest absolute Gasteiger partial charge is 0.495 e. The van der Waals surface area contributed by atoms with Crippen LogP contribution in [0.2, 0.25) is 5.02 Å². The van der Waals surface area contributed by atoms with Crippen molar-refractivity contribution in [3.8, 4) is 5.75 Å². The Morgan fingerprint density at radius 3 is 2.54 bits per heavy atom. The number of amides is 2. The average molecular weight is 400 g/mol. The molecule has 0 atom stereocenters. The first-order valence-electron chi connectivity index (χ1n) is 8.38. The van der Waals surface area contributed by atoms with E-state index in [4.69, 9.17) is 16.3 Å². The van der Waals surface area contributed by atoms with Crippen LogP contribution in [0.4, 0.5) is 11.4 Å². The molecule has 0 bridgehead atoms. The lowest BCUT2D eigenvalue weighted by molar-refractivity contribution is -0.117. The molecule has 3 rings (SSSR count). The van der Waals surface area contributed by atoms with Gasteiger partial charge in [0.05, 0.1) is 18.5 Å². The first kappa shape index (κ1) is 19.4. The summed E-state index contributed by atoms with van der Waals surface area (Å²) in [5.41, 5.74) is 1.73. The van der Waals surface area contributed by atoms with Gasteiger partial charge in [-0.25, -0.2) is 4.68 Å². The molecule has 0 spiro atoms. The van der Waals surface area contributed by atoms with Crippen molar-refractivity contribution >= 4 is 34.8 Å². The second-order valence-corrected chi connectivity index (χ2v) is 6.33. The average Bonchev–Trinajstić information content (AvgIpc) is 3.04. The van der Waals surface area contributed by atoms with Crippen LogP contribution < -0.4 is 15.4 Å². The van der Waals surface area contributed by atoms with Crippen molar-refractivity contribution in [1.29, 1.82) is 0 Å². The normalized spacial score (nSPS) is 10.4. The zero-order valence-electron chi connectivity index (χ0n) is 15.3. The van der Waals surface area contributed by atoms with E-state index in [1.165, 1.54) is 11.8 Å². The van der Waals surface area contributed by atoms with Crippen LogP contribution in [-0.4, -0.2) is 33.9 Å². The summed E-state index contributed by atoms with van der Waals surface area (Å²) in [6.45, 7) is 1.59. The number of carbonyl (C=O) groups is 2. The third-order valence-corrected chi connectivity index (χ3v) is 4.23. The molecule has 0 aliphatic carbocycles. The fourth-order valence-corrected chi connectivity index (χ4v) is 2.65. The predicted octanol–water partition coefficient (Wildman–Crippen LogP) is 3.14. The molecule has 0 radical (unpaired) electrons. The summed E-state index contributed by atoms with van der Waals surface area (Å²) in [4.78, 5) is 24.8. The maximum absolute atomic E-state index is 12.5. The van der Waals surface area contributed by atoms with E-state index in [0.29, 0.717) is 27.8 Å². The lowest BCUT2D eigenvalue weighted by Crippen LogP contribution is -2.21. The van der Waals surface area contributed by atoms with Crippen LogP contribution in [0.25, 0.3) is 0 Å². The molecule has 1 aromatic heterocycles. The molecule has 2 amide bonds. The van der Waals surface area contributed by atoms with E-state index < -0.39 is 5.91 Å². The minimum atomic E-state index is -0.439. The molecule has 1 heterocycles. The summed E-state index contributed by atoms with van der Waals surface area (Å²) in [5.74, 6) is -0.207. The Morgan fingerprint density at radius 2 is 1.82 bits per heavy atom. The first-order valence-corrected chi connectivity index (χ1v) is 8.75. The second kappa shape index (κ2) is 8.53. The number of aromatic nitrogens is 3. The van der Waals surface area contributed by atoms with Crippen LogP contribution in [-0.2, 0) is 11.3 Å². The molecule has 0 aliphatic rings. The summed E-state index contributed by atoms with van der Waals surface area (Å²) in [7, 11) is 1.52. The molecule has 0 saturated heterocycles. The summed E-state index contributed by atoms with van der Waals surface area (Å²) in [6.07, 6.45) is 0. The molecule has 28 heavy (non-hydrogen) atoms. The van der Waals surface area contributed by atoms with Gasteiger partial charge in [-0.15, -0.1) is 5.10 Å². The van der Waals surface area contributed by atoms with Crippen molar-refractivity contribution in [3.63, 3.8) is 0 Å². The Hall–Kier alpha value is -3.39. The molecule has 9 heteroatoms. The molecule has 0 unspecified atom stereocenters. The smallest absolute Gasteiger partial charge is 0.278 e. The molecular formula is C19H18ClN5O3. The van der Waals surface area contributed by atoms with Gasteiger partial charge in [-0.05, 0) is 43.3 Å². The number of para-hydroxylation sites is 2. The van der Waals surface area contributed by atoms with Crippen molar-refractivity contribution in [1.82, 2.24) is 15.0 Å². The third-order valence-electron chi connectivity index (χ3n) is 3.97. The minimum absolute atomic E-state index is 0.0800. The Kier molecular flexibility index (Phi) is 5.90. The highest BCUT2D eigenvalue weighted by Gasteiger charge is 2.19. The summed E-state index contributed by atoms with van der Waals surface area (Å²) in [5, 5.41) is 13.9.